The van der Waals surface area contributed by atoms with E-state index < -0.39 is 0 Å². The van der Waals surface area contributed by atoms with Crippen LogP contribution < -0.4 is 19.7 Å². The Hall–Kier alpha value is -3.32. The minimum atomic E-state index is -0.195. The number of piperazine rings is 1. The quantitative estimate of drug-likeness (QED) is 0.389. The third-order valence-corrected chi connectivity index (χ3v) is 7.36. The summed E-state index contributed by atoms with van der Waals surface area (Å²) < 4.78 is 16.9. The molecule has 1 aliphatic rings. The van der Waals surface area contributed by atoms with Crippen LogP contribution >= 0.6 is 23.1 Å². The molecule has 3 heterocycles. The zero-order valence-electron chi connectivity index (χ0n) is 20.4. The Morgan fingerprint density at radius 3 is 2.53 bits per heavy atom. The largest absolute Gasteiger partial charge is 0.490 e. The lowest BCUT2D eigenvalue weighted by molar-refractivity contribution is -0.113. The number of anilines is 2. The molecule has 0 bridgehead atoms. The molecule has 1 aliphatic heterocycles. The summed E-state index contributed by atoms with van der Waals surface area (Å²) in [5.74, 6) is 2.18. The highest BCUT2D eigenvalue weighted by molar-refractivity contribution is 8.01. The molecule has 3 aromatic rings. The minimum Gasteiger partial charge on any atom is -0.490 e. The first-order valence-corrected chi connectivity index (χ1v) is 13.4. The highest BCUT2D eigenvalue weighted by Gasteiger charge is 2.25. The highest BCUT2D eigenvalue weighted by atomic mass is 32.2. The van der Waals surface area contributed by atoms with Gasteiger partial charge in [-0.1, -0.05) is 28.3 Å². The minimum absolute atomic E-state index is 0.0412. The van der Waals surface area contributed by atoms with Gasteiger partial charge in [0.25, 0.3) is 5.91 Å². The predicted molar refractivity (Wildman–Crippen MR) is 137 cm³/mol. The lowest BCUT2D eigenvalue weighted by Gasteiger charge is -2.34. The summed E-state index contributed by atoms with van der Waals surface area (Å²) in [7, 11) is 0. The zero-order valence-corrected chi connectivity index (χ0v) is 22.0. The van der Waals surface area contributed by atoms with Crippen LogP contribution in [0, 0.1) is 6.92 Å². The smallest absolute Gasteiger partial charge is 0.254 e. The fourth-order valence-electron chi connectivity index (χ4n) is 3.59. The van der Waals surface area contributed by atoms with Crippen LogP contribution in [0.5, 0.6) is 11.5 Å². The van der Waals surface area contributed by atoms with E-state index in [0.29, 0.717) is 72.4 Å². The Bertz CT molecular complexity index is 1190. The summed E-state index contributed by atoms with van der Waals surface area (Å²) in [5, 5.41) is 15.7. The molecule has 0 atom stereocenters. The van der Waals surface area contributed by atoms with Gasteiger partial charge in [0.05, 0.1) is 19.0 Å². The van der Waals surface area contributed by atoms with Crippen LogP contribution in [-0.4, -0.2) is 77.2 Å². The number of carbonyl (C=O) groups excluding carboxylic acids is 2. The second-order valence-electron chi connectivity index (χ2n) is 7.82. The Balaban J connectivity index is 1.28. The van der Waals surface area contributed by atoms with Crippen LogP contribution in [0.3, 0.4) is 0 Å². The topological polar surface area (TPSA) is 123 Å². The lowest BCUT2D eigenvalue weighted by atomic mass is 10.1. The van der Waals surface area contributed by atoms with E-state index >= 15 is 0 Å². The molecule has 11 nitrogen and oxygen atoms in total. The number of rotatable bonds is 10. The van der Waals surface area contributed by atoms with E-state index in [0.717, 1.165) is 5.13 Å². The maximum atomic E-state index is 13.1. The molecular weight excluding hydrogens is 504 g/mol. The number of nitrogens with one attached hydrogen (secondary N) is 1. The monoisotopic (exact) mass is 532 g/mol. The number of aromatic nitrogens is 3. The molecule has 1 saturated heterocycles. The van der Waals surface area contributed by atoms with Gasteiger partial charge in [0.1, 0.15) is 5.76 Å². The molecule has 2 amide bonds. The van der Waals surface area contributed by atoms with Crippen LogP contribution in [-0.2, 0) is 4.79 Å². The summed E-state index contributed by atoms with van der Waals surface area (Å²) >= 11 is 2.74. The van der Waals surface area contributed by atoms with Crippen molar-refractivity contribution in [3.05, 3.63) is 35.6 Å². The maximum absolute atomic E-state index is 13.1. The number of benzene rings is 1. The molecule has 0 radical (unpaired) electrons. The average Bonchev–Trinajstić information content (AvgIpc) is 3.52. The average molecular weight is 533 g/mol. The first-order chi connectivity index (χ1) is 17.5. The molecular formula is C23H28N6O5S2. The molecule has 36 heavy (non-hydrogen) atoms. The fraction of sp³-hybridized carbons (Fsp3) is 0.435. The van der Waals surface area contributed by atoms with Gasteiger partial charge in [-0.2, -0.15) is 0 Å². The van der Waals surface area contributed by atoms with Crippen molar-refractivity contribution in [1.29, 1.82) is 0 Å². The number of hydrogen-bond donors (Lipinski definition) is 1. The number of ether oxygens (including phenoxy) is 2. The van der Waals surface area contributed by atoms with Crippen LogP contribution in [0.15, 0.2) is 33.1 Å². The normalized spacial score (nSPS) is 13.5. The van der Waals surface area contributed by atoms with Crippen molar-refractivity contribution in [2.45, 2.75) is 25.1 Å². The van der Waals surface area contributed by atoms with Crippen LogP contribution in [0.1, 0.15) is 30.0 Å². The van der Waals surface area contributed by atoms with Gasteiger partial charge in [0.2, 0.25) is 11.0 Å². The third-order valence-electron chi connectivity index (χ3n) is 5.25. The van der Waals surface area contributed by atoms with E-state index in [1.165, 1.54) is 23.1 Å². The number of aryl methyl sites for hydroxylation is 1. The van der Waals surface area contributed by atoms with E-state index in [2.05, 4.69) is 25.6 Å². The summed E-state index contributed by atoms with van der Waals surface area (Å²) in [6.45, 7) is 9.00. The van der Waals surface area contributed by atoms with Crippen molar-refractivity contribution in [3.63, 3.8) is 0 Å². The number of carbonyl (C=O) groups is 2. The molecule has 4 rings (SSSR count). The molecule has 192 valence electrons. The fourth-order valence-corrected chi connectivity index (χ4v) is 5.28. The first kappa shape index (κ1) is 25.8. The molecule has 2 aromatic heterocycles. The van der Waals surface area contributed by atoms with Crippen molar-refractivity contribution in [1.82, 2.24) is 20.3 Å². The molecule has 1 aromatic carbocycles. The van der Waals surface area contributed by atoms with E-state index in [4.69, 9.17) is 14.0 Å². The van der Waals surface area contributed by atoms with Crippen molar-refractivity contribution in [2.75, 3.05) is 55.4 Å². The Kier molecular flexibility index (Phi) is 8.65. The van der Waals surface area contributed by atoms with E-state index in [9.17, 15) is 9.59 Å². The van der Waals surface area contributed by atoms with Crippen molar-refractivity contribution < 1.29 is 23.6 Å². The standard InChI is InChI=1S/C23H28N6O5S2/c1-4-32-17-7-6-16(13-18(17)33-5-2)21(31)28-8-10-29(11-9-28)22-25-26-23(36-22)35-14-20(30)24-19-12-15(3)34-27-19/h6-7,12-13H,4-5,8-11,14H2,1-3H3,(H,24,27,30). The van der Waals surface area contributed by atoms with E-state index in [1.54, 1.807) is 31.2 Å². The van der Waals surface area contributed by atoms with Gasteiger partial charge in [-0.3, -0.25) is 9.59 Å². The van der Waals surface area contributed by atoms with Gasteiger partial charge in [-0.05, 0) is 39.0 Å². The molecule has 13 heteroatoms. The van der Waals surface area contributed by atoms with Crippen molar-refractivity contribution in [2.24, 2.45) is 0 Å². The molecule has 0 spiro atoms. The third kappa shape index (κ3) is 6.46. The Labute approximate surface area is 217 Å². The van der Waals surface area contributed by atoms with Gasteiger partial charge in [0, 0.05) is 37.8 Å². The molecule has 0 aliphatic carbocycles. The van der Waals surface area contributed by atoms with Crippen LogP contribution in [0.2, 0.25) is 0 Å². The van der Waals surface area contributed by atoms with Gasteiger partial charge in [0.15, 0.2) is 21.7 Å². The second-order valence-corrected chi connectivity index (χ2v) is 10.00. The highest BCUT2D eigenvalue weighted by Crippen LogP contribution is 2.31. The molecule has 0 unspecified atom stereocenters. The van der Waals surface area contributed by atoms with Gasteiger partial charge in [-0.25, -0.2) is 0 Å². The number of nitrogens with zero attached hydrogens (tertiary/aromatic N) is 5. The summed E-state index contributed by atoms with van der Waals surface area (Å²) in [6.07, 6.45) is 0. The van der Waals surface area contributed by atoms with Crippen molar-refractivity contribution in [3.8, 4) is 11.5 Å². The van der Waals surface area contributed by atoms with Gasteiger partial charge >= 0.3 is 0 Å². The van der Waals surface area contributed by atoms with E-state index in [1.807, 2.05) is 18.7 Å². The molecule has 1 fully saturated rings. The van der Waals surface area contributed by atoms with Crippen LogP contribution in [0.4, 0.5) is 10.9 Å². The first-order valence-electron chi connectivity index (χ1n) is 11.6. The summed E-state index contributed by atoms with van der Waals surface area (Å²) in [6, 6.07) is 6.96. The summed E-state index contributed by atoms with van der Waals surface area (Å²) in [5.41, 5.74) is 0.573. The SMILES string of the molecule is CCOc1ccc(C(=O)N2CCN(c3nnc(SCC(=O)Nc4cc(C)on4)s3)CC2)cc1OCC. The van der Waals surface area contributed by atoms with E-state index in [-0.39, 0.29) is 17.6 Å². The number of thioether (sulfide) groups is 1. The molecule has 0 saturated carbocycles. The predicted octanol–water partition coefficient (Wildman–Crippen LogP) is 3.33. The zero-order chi connectivity index (χ0) is 25.5. The summed E-state index contributed by atoms with van der Waals surface area (Å²) in [4.78, 5) is 29.1. The van der Waals surface area contributed by atoms with Gasteiger partial charge < -0.3 is 29.1 Å². The van der Waals surface area contributed by atoms with Gasteiger partial charge in [-0.15, -0.1) is 10.2 Å². The maximum Gasteiger partial charge on any atom is 0.254 e. The second kappa shape index (κ2) is 12.1. The van der Waals surface area contributed by atoms with Crippen LogP contribution in [0.25, 0.3) is 0 Å². The number of hydrogen-bond acceptors (Lipinski definition) is 11. The Morgan fingerprint density at radius 2 is 1.83 bits per heavy atom. The Morgan fingerprint density at radius 1 is 1.08 bits per heavy atom. The lowest BCUT2D eigenvalue weighted by Crippen LogP contribution is -2.48. The molecule has 1 N–H and O–H groups in total. The van der Waals surface area contributed by atoms with Crippen molar-refractivity contribution >= 4 is 45.9 Å². The number of amides is 2.